The fourth-order valence-electron chi connectivity index (χ4n) is 1.87. The second-order valence-electron chi connectivity index (χ2n) is 5.50. The van der Waals surface area contributed by atoms with Gasteiger partial charge < -0.3 is 14.9 Å². The van der Waals surface area contributed by atoms with Crippen LogP contribution in [-0.4, -0.2) is 41.7 Å². The van der Waals surface area contributed by atoms with Gasteiger partial charge in [0.2, 0.25) is 0 Å². The van der Waals surface area contributed by atoms with Gasteiger partial charge in [0.15, 0.2) is 0 Å². The molecule has 8 heteroatoms. The van der Waals surface area contributed by atoms with Crippen LogP contribution in [0.15, 0.2) is 27.2 Å². The first-order chi connectivity index (χ1) is 11.7. The molecule has 0 aliphatic rings. The largest absolute Gasteiger partial charge is 0.506 e. The Morgan fingerprint density at radius 1 is 1.36 bits per heavy atom. The Hall–Kier alpha value is -1.80. The van der Waals surface area contributed by atoms with Crippen LogP contribution >= 0.6 is 15.9 Å². The van der Waals surface area contributed by atoms with Crippen molar-refractivity contribution in [1.82, 2.24) is 0 Å². The molecule has 0 amide bonds. The number of hydrogen-bond acceptors (Lipinski definition) is 5. The lowest BCUT2D eigenvalue weighted by Gasteiger charge is -2.13. The van der Waals surface area contributed by atoms with E-state index in [1.807, 2.05) is 13.8 Å². The minimum atomic E-state index is -1.05. The second-order valence-corrected chi connectivity index (χ2v) is 6.36. The number of aliphatic imine (C=N–C) groups is 1. The van der Waals surface area contributed by atoms with Gasteiger partial charge in [-0.05, 0) is 34.8 Å². The third-order valence-corrected chi connectivity index (χ3v) is 3.97. The van der Waals surface area contributed by atoms with Crippen molar-refractivity contribution in [3.63, 3.8) is 0 Å². The summed E-state index contributed by atoms with van der Waals surface area (Å²) in [5.74, 6) is -3.56. The smallest absolute Gasteiger partial charge is 0.343 e. The standard InChI is InChI=1S/C17H20BrF2NO4/c1-4-25-17(24)11(7-21-15(8-22)9(2)3)16(23)10-5-12(18)14(20)6-13(10)19/h5-7,9,15,22-23H,4,8H2,1-3H3/t15-/m1/s1. The molecule has 25 heavy (non-hydrogen) atoms. The number of hydrogen-bond donors (Lipinski definition) is 2. The zero-order chi connectivity index (χ0) is 19.1. The zero-order valence-electron chi connectivity index (χ0n) is 14.1. The van der Waals surface area contributed by atoms with Gasteiger partial charge in [-0.1, -0.05) is 13.8 Å². The monoisotopic (exact) mass is 419 g/mol. The third-order valence-electron chi connectivity index (χ3n) is 3.37. The molecular weight excluding hydrogens is 400 g/mol. The van der Waals surface area contributed by atoms with Crippen LogP contribution in [0.25, 0.3) is 5.76 Å². The molecule has 1 atom stereocenters. The van der Waals surface area contributed by atoms with Crippen molar-refractivity contribution in [3.05, 3.63) is 39.4 Å². The number of carbonyl (C=O) groups is 1. The number of nitrogens with zero attached hydrogens (tertiary/aromatic N) is 1. The van der Waals surface area contributed by atoms with Crippen LogP contribution in [-0.2, 0) is 9.53 Å². The van der Waals surface area contributed by atoms with E-state index in [-0.39, 0.29) is 29.2 Å². The summed E-state index contributed by atoms with van der Waals surface area (Å²) in [6, 6.07) is 1.08. The molecule has 0 radical (unpaired) electrons. The normalized spacial score (nSPS) is 13.9. The molecule has 0 aliphatic carbocycles. The fraction of sp³-hybridized carbons (Fsp3) is 0.412. The van der Waals surface area contributed by atoms with E-state index in [2.05, 4.69) is 20.9 Å². The highest BCUT2D eigenvalue weighted by Gasteiger charge is 2.21. The van der Waals surface area contributed by atoms with Crippen LogP contribution in [0.4, 0.5) is 8.78 Å². The topological polar surface area (TPSA) is 79.1 Å². The van der Waals surface area contributed by atoms with Gasteiger partial charge in [0.25, 0.3) is 0 Å². The summed E-state index contributed by atoms with van der Waals surface area (Å²) in [7, 11) is 0. The molecule has 0 saturated heterocycles. The van der Waals surface area contributed by atoms with Crippen molar-refractivity contribution >= 4 is 33.9 Å². The van der Waals surface area contributed by atoms with Gasteiger partial charge in [-0.15, -0.1) is 0 Å². The molecule has 0 spiro atoms. The summed E-state index contributed by atoms with van der Waals surface area (Å²) >= 11 is 2.90. The molecule has 0 fully saturated rings. The van der Waals surface area contributed by atoms with Crippen LogP contribution in [0.5, 0.6) is 0 Å². The van der Waals surface area contributed by atoms with Crippen molar-refractivity contribution in [3.8, 4) is 0 Å². The summed E-state index contributed by atoms with van der Waals surface area (Å²) in [6.07, 6.45) is 1.03. The molecule has 0 unspecified atom stereocenters. The minimum Gasteiger partial charge on any atom is -0.506 e. The Bertz CT molecular complexity index is 689. The van der Waals surface area contributed by atoms with Crippen LogP contribution in [0, 0.1) is 17.6 Å². The molecule has 138 valence electrons. The predicted octanol–water partition coefficient (Wildman–Crippen LogP) is 3.65. The van der Waals surface area contributed by atoms with Gasteiger partial charge in [-0.2, -0.15) is 0 Å². The van der Waals surface area contributed by atoms with Crippen LogP contribution in [0.3, 0.4) is 0 Å². The molecule has 0 aromatic heterocycles. The quantitative estimate of drug-likeness (QED) is 0.232. The molecule has 2 N–H and O–H groups in total. The number of halogens is 3. The molecule has 1 rings (SSSR count). The first-order valence-corrected chi connectivity index (χ1v) is 8.41. The highest BCUT2D eigenvalue weighted by Crippen LogP contribution is 2.26. The summed E-state index contributed by atoms with van der Waals surface area (Å²) in [6.45, 7) is 4.99. The summed E-state index contributed by atoms with van der Waals surface area (Å²) in [4.78, 5) is 16.1. The molecule has 1 aromatic carbocycles. The summed E-state index contributed by atoms with van der Waals surface area (Å²) in [5, 5.41) is 19.6. The van der Waals surface area contributed by atoms with Crippen molar-refractivity contribution in [2.45, 2.75) is 26.8 Å². The molecule has 0 aliphatic heterocycles. The van der Waals surface area contributed by atoms with E-state index >= 15 is 0 Å². The van der Waals surface area contributed by atoms with Gasteiger partial charge in [0, 0.05) is 12.3 Å². The van der Waals surface area contributed by atoms with E-state index in [9.17, 15) is 23.8 Å². The maximum absolute atomic E-state index is 14.0. The molecule has 0 heterocycles. The molecule has 1 aromatic rings. The van der Waals surface area contributed by atoms with Crippen molar-refractivity contribution in [2.75, 3.05) is 13.2 Å². The molecule has 0 saturated carbocycles. The Balaban J connectivity index is 3.44. The number of benzene rings is 1. The second kappa shape index (κ2) is 9.62. The lowest BCUT2D eigenvalue weighted by atomic mass is 10.1. The lowest BCUT2D eigenvalue weighted by molar-refractivity contribution is -0.137. The highest BCUT2D eigenvalue weighted by molar-refractivity contribution is 9.10. The van der Waals surface area contributed by atoms with Gasteiger partial charge in [0.1, 0.15) is 23.0 Å². The molecule has 0 bridgehead atoms. The number of ether oxygens (including phenoxy) is 1. The Kier molecular flexibility index (Phi) is 8.18. The van der Waals surface area contributed by atoms with Crippen LogP contribution in [0.2, 0.25) is 0 Å². The zero-order valence-corrected chi connectivity index (χ0v) is 15.7. The van der Waals surface area contributed by atoms with Crippen LogP contribution < -0.4 is 0 Å². The summed E-state index contributed by atoms with van der Waals surface area (Å²) in [5.41, 5.74) is -0.772. The molecule has 5 nitrogen and oxygen atoms in total. The average molecular weight is 420 g/mol. The first kappa shape index (κ1) is 21.2. The molecular formula is C17H20BrF2NO4. The Morgan fingerprint density at radius 3 is 2.52 bits per heavy atom. The Labute approximate surface area is 153 Å². The summed E-state index contributed by atoms with van der Waals surface area (Å²) < 4.78 is 32.1. The van der Waals surface area contributed by atoms with Crippen molar-refractivity contribution in [2.24, 2.45) is 10.9 Å². The Morgan fingerprint density at radius 2 is 2.00 bits per heavy atom. The number of aliphatic hydroxyl groups excluding tert-OH is 2. The van der Waals surface area contributed by atoms with E-state index in [4.69, 9.17) is 4.74 Å². The van der Waals surface area contributed by atoms with Gasteiger partial charge in [0.05, 0.1) is 29.3 Å². The van der Waals surface area contributed by atoms with E-state index in [0.29, 0.717) is 6.07 Å². The van der Waals surface area contributed by atoms with E-state index < -0.39 is 35.0 Å². The van der Waals surface area contributed by atoms with Crippen molar-refractivity contribution in [1.29, 1.82) is 0 Å². The van der Waals surface area contributed by atoms with E-state index in [1.54, 1.807) is 6.92 Å². The van der Waals surface area contributed by atoms with E-state index in [1.165, 1.54) is 0 Å². The van der Waals surface area contributed by atoms with Gasteiger partial charge in [-0.3, -0.25) is 4.99 Å². The maximum Gasteiger partial charge on any atom is 0.343 e. The minimum absolute atomic E-state index is 0.0245. The first-order valence-electron chi connectivity index (χ1n) is 7.62. The highest BCUT2D eigenvalue weighted by atomic mass is 79.9. The van der Waals surface area contributed by atoms with Gasteiger partial charge in [-0.25, -0.2) is 13.6 Å². The van der Waals surface area contributed by atoms with Gasteiger partial charge >= 0.3 is 5.97 Å². The fourth-order valence-corrected chi connectivity index (χ4v) is 2.21. The average Bonchev–Trinajstić information content (AvgIpc) is 2.54. The number of aliphatic hydroxyl groups is 2. The lowest BCUT2D eigenvalue weighted by Crippen LogP contribution is -2.19. The number of esters is 1. The predicted molar refractivity (Wildman–Crippen MR) is 94.4 cm³/mol. The third kappa shape index (κ3) is 5.61. The van der Waals surface area contributed by atoms with Crippen molar-refractivity contribution < 1.29 is 28.5 Å². The van der Waals surface area contributed by atoms with E-state index in [0.717, 1.165) is 12.3 Å². The maximum atomic E-state index is 14.0. The van der Waals surface area contributed by atoms with Crippen LogP contribution in [0.1, 0.15) is 26.3 Å². The number of carbonyl (C=O) groups excluding carboxylic acids is 1. The SMILES string of the molecule is CCOC(=O)C(C=N[C@H](CO)C(C)C)=C(O)c1cc(Br)c(F)cc1F. The number of rotatable bonds is 7.